The highest BCUT2D eigenvalue weighted by Crippen LogP contribution is 2.24. The van der Waals surface area contributed by atoms with Crippen LogP contribution in [-0.2, 0) is 9.63 Å². The molecule has 0 N–H and O–H groups in total. The van der Waals surface area contributed by atoms with Gasteiger partial charge in [0, 0.05) is 24.1 Å². The Balaban J connectivity index is 2.11. The van der Waals surface area contributed by atoms with Crippen LogP contribution in [0.4, 0.5) is 4.39 Å². The molecule has 1 amide bonds. The van der Waals surface area contributed by atoms with E-state index >= 15 is 0 Å². The number of hydrogen-bond donors (Lipinski definition) is 0. The van der Waals surface area contributed by atoms with E-state index in [4.69, 9.17) is 4.84 Å². The normalized spacial score (nSPS) is 10.9. The van der Waals surface area contributed by atoms with Crippen LogP contribution in [0, 0.1) is 5.82 Å². The van der Waals surface area contributed by atoms with E-state index in [9.17, 15) is 9.18 Å². The summed E-state index contributed by atoms with van der Waals surface area (Å²) in [6.45, 7) is 0. The van der Waals surface area contributed by atoms with Gasteiger partial charge >= 0.3 is 0 Å². The maximum Gasteiger partial charge on any atom is 0.269 e. The first-order valence-electron chi connectivity index (χ1n) is 5.81. The average molecular weight is 292 g/mol. The van der Waals surface area contributed by atoms with Crippen LogP contribution in [0.2, 0.25) is 0 Å². The van der Waals surface area contributed by atoms with Gasteiger partial charge in [0.05, 0.1) is 12.8 Å². The van der Waals surface area contributed by atoms with Crippen molar-refractivity contribution >= 4 is 23.3 Å². The van der Waals surface area contributed by atoms with Crippen LogP contribution in [0.25, 0.3) is 16.6 Å². The first-order chi connectivity index (χ1) is 9.60. The highest BCUT2D eigenvalue weighted by Gasteiger charge is 2.05. The quantitative estimate of drug-likeness (QED) is 0.642. The largest absolute Gasteiger partial charge is 0.274 e. The third-order valence-corrected chi connectivity index (χ3v) is 3.50. The lowest BCUT2D eigenvalue weighted by molar-refractivity contribution is -0.162. The zero-order valence-electron chi connectivity index (χ0n) is 11.0. The predicted octanol–water partition coefficient (Wildman–Crippen LogP) is 2.98. The Morgan fingerprint density at radius 1 is 1.40 bits per heavy atom. The van der Waals surface area contributed by atoms with Crippen LogP contribution in [-0.4, -0.2) is 30.1 Å². The number of nitrogens with zero attached hydrogens (tertiary/aromatic N) is 2. The van der Waals surface area contributed by atoms with Crippen molar-refractivity contribution in [1.82, 2.24) is 10.0 Å². The SMILES string of the molecule is CON(C)C(=O)/C=C\c1csc(-c2ccc(F)cc2)n1. The lowest BCUT2D eigenvalue weighted by Gasteiger charge is -2.09. The van der Waals surface area contributed by atoms with Crippen molar-refractivity contribution in [3.8, 4) is 10.6 Å². The molecule has 2 aromatic rings. The molecule has 0 radical (unpaired) electrons. The average Bonchev–Trinajstić information content (AvgIpc) is 2.93. The fourth-order valence-electron chi connectivity index (χ4n) is 1.44. The molecule has 0 bridgehead atoms. The van der Waals surface area contributed by atoms with Gasteiger partial charge in [-0.25, -0.2) is 14.4 Å². The molecule has 0 saturated carbocycles. The number of carbonyl (C=O) groups is 1. The monoisotopic (exact) mass is 292 g/mol. The van der Waals surface area contributed by atoms with Crippen molar-refractivity contribution in [3.05, 3.63) is 47.2 Å². The van der Waals surface area contributed by atoms with Crippen molar-refractivity contribution in [2.24, 2.45) is 0 Å². The summed E-state index contributed by atoms with van der Waals surface area (Å²) in [5, 5.41) is 3.72. The van der Waals surface area contributed by atoms with Gasteiger partial charge in [0.1, 0.15) is 10.8 Å². The maximum absolute atomic E-state index is 12.8. The number of carbonyl (C=O) groups excluding carboxylic acids is 1. The number of benzene rings is 1. The molecule has 20 heavy (non-hydrogen) atoms. The van der Waals surface area contributed by atoms with Gasteiger partial charge in [-0.05, 0) is 30.3 Å². The molecule has 0 atom stereocenters. The molecular weight excluding hydrogens is 279 g/mol. The minimum Gasteiger partial charge on any atom is -0.274 e. The van der Waals surface area contributed by atoms with Gasteiger partial charge in [-0.3, -0.25) is 9.63 Å². The summed E-state index contributed by atoms with van der Waals surface area (Å²) in [4.78, 5) is 20.6. The minimum atomic E-state index is -0.279. The van der Waals surface area contributed by atoms with Crippen molar-refractivity contribution in [2.45, 2.75) is 0 Å². The van der Waals surface area contributed by atoms with Gasteiger partial charge < -0.3 is 0 Å². The van der Waals surface area contributed by atoms with Crippen molar-refractivity contribution in [2.75, 3.05) is 14.2 Å². The van der Waals surface area contributed by atoms with Gasteiger partial charge in [0.25, 0.3) is 5.91 Å². The predicted molar refractivity (Wildman–Crippen MR) is 76.3 cm³/mol. The molecule has 6 heteroatoms. The molecule has 0 fully saturated rings. The van der Waals surface area contributed by atoms with Crippen LogP contribution in [0.15, 0.2) is 35.7 Å². The number of aromatic nitrogens is 1. The number of hydrogen-bond acceptors (Lipinski definition) is 4. The Bertz CT molecular complexity index is 622. The zero-order chi connectivity index (χ0) is 14.5. The Labute approximate surface area is 120 Å². The Morgan fingerprint density at radius 2 is 2.10 bits per heavy atom. The van der Waals surface area contributed by atoms with E-state index in [1.807, 2.05) is 5.38 Å². The van der Waals surface area contributed by atoms with E-state index in [1.54, 1.807) is 18.2 Å². The van der Waals surface area contributed by atoms with Crippen molar-refractivity contribution in [1.29, 1.82) is 0 Å². The molecule has 2 rings (SSSR count). The second-order valence-electron chi connectivity index (χ2n) is 3.94. The number of rotatable bonds is 4. The van der Waals surface area contributed by atoms with E-state index in [-0.39, 0.29) is 11.7 Å². The summed E-state index contributed by atoms with van der Waals surface area (Å²) >= 11 is 1.43. The van der Waals surface area contributed by atoms with Crippen LogP contribution in [0.1, 0.15) is 5.69 Å². The third-order valence-electron chi connectivity index (χ3n) is 2.59. The molecule has 0 unspecified atom stereocenters. The Hall–Kier alpha value is -2.05. The van der Waals surface area contributed by atoms with Gasteiger partial charge in [-0.1, -0.05) is 0 Å². The molecule has 4 nitrogen and oxygen atoms in total. The second kappa shape index (κ2) is 6.40. The maximum atomic E-state index is 12.8. The van der Waals surface area contributed by atoms with Gasteiger partial charge in [0.15, 0.2) is 0 Å². The minimum absolute atomic E-state index is 0.274. The first-order valence-corrected chi connectivity index (χ1v) is 6.69. The standard InChI is InChI=1S/C14H13FN2O2S/c1-17(19-2)13(18)8-7-12-9-20-14(16-12)10-3-5-11(15)6-4-10/h3-9H,1-2H3/b8-7-. The van der Waals surface area contributed by atoms with Gasteiger partial charge in [-0.2, -0.15) is 0 Å². The van der Waals surface area contributed by atoms with E-state index in [0.29, 0.717) is 5.69 Å². The smallest absolute Gasteiger partial charge is 0.269 e. The topological polar surface area (TPSA) is 42.4 Å². The van der Waals surface area contributed by atoms with E-state index in [2.05, 4.69) is 4.98 Å². The molecule has 104 valence electrons. The van der Waals surface area contributed by atoms with Crippen molar-refractivity contribution < 1.29 is 14.0 Å². The summed E-state index contributed by atoms with van der Waals surface area (Å²) in [5.74, 6) is -0.553. The number of amides is 1. The fraction of sp³-hybridized carbons (Fsp3) is 0.143. The molecule has 0 aliphatic rings. The number of likely N-dealkylation sites (N-methyl/N-ethyl adjacent to an activating group) is 1. The van der Waals surface area contributed by atoms with E-state index in [1.165, 1.54) is 43.7 Å². The number of thiazole rings is 1. The zero-order valence-corrected chi connectivity index (χ0v) is 11.9. The van der Waals surface area contributed by atoms with Crippen molar-refractivity contribution in [3.63, 3.8) is 0 Å². The molecule has 1 aromatic heterocycles. The lowest BCUT2D eigenvalue weighted by Crippen LogP contribution is -2.22. The van der Waals surface area contributed by atoms with Gasteiger partial charge in [-0.15, -0.1) is 11.3 Å². The summed E-state index contributed by atoms with van der Waals surface area (Å²) in [6.07, 6.45) is 2.99. The molecule has 1 heterocycles. The lowest BCUT2D eigenvalue weighted by atomic mass is 10.2. The van der Waals surface area contributed by atoms with E-state index in [0.717, 1.165) is 15.6 Å². The Morgan fingerprint density at radius 3 is 2.75 bits per heavy atom. The summed E-state index contributed by atoms with van der Waals surface area (Å²) in [7, 11) is 2.94. The molecule has 0 saturated heterocycles. The molecule has 0 aliphatic carbocycles. The highest BCUT2D eigenvalue weighted by atomic mass is 32.1. The summed E-state index contributed by atoms with van der Waals surface area (Å²) in [6, 6.07) is 6.13. The molecule has 0 spiro atoms. The van der Waals surface area contributed by atoms with Crippen LogP contribution >= 0.6 is 11.3 Å². The number of halogens is 1. The summed E-state index contributed by atoms with van der Waals surface area (Å²) < 4.78 is 12.8. The van der Waals surface area contributed by atoms with Crippen LogP contribution in [0.5, 0.6) is 0 Å². The third kappa shape index (κ3) is 3.49. The highest BCUT2D eigenvalue weighted by molar-refractivity contribution is 7.13. The molecular formula is C14H13FN2O2S. The molecule has 1 aromatic carbocycles. The fourth-order valence-corrected chi connectivity index (χ4v) is 2.23. The Kier molecular flexibility index (Phi) is 4.60. The van der Waals surface area contributed by atoms with Crippen LogP contribution in [0.3, 0.4) is 0 Å². The van der Waals surface area contributed by atoms with Crippen LogP contribution < -0.4 is 0 Å². The first kappa shape index (κ1) is 14.4. The van der Waals surface area contributed by atoms with E-state index < -0.39 is 0 Å². The second-order valence-corrected chi connectivity index (χ2v) is 4.79. The summed E-state index contributed by atoms with van der Waals surface area (Å²) in [5.41, 5.74) is 1.52. The number of hydroxylamine groups is 2. The van der Waals surface area contributed by atoms with Gasteiger partial charge in [0.2, 0.25) is 0 Å². The molecule has 0 aliphatic heterocycles.